The third-order valence-corrected chi connectivity index (χ3v) is 19.5. The van der Waals surface area contributed by atoms with Crippen LogP contribution in [0.15, 0.2) is 0 Å². The summed E-state index contributed by atoms with van der Waals surface area (Å²) in [5.74, 6) is 6.39. The summed E-state index contributed by atoms with van der Waals surface area (Å²) in [6.45, 7) is 22.8. The van der Waals surface area contributed by atoms with Crippen molar-refractivity contribution in [1.29, 1.82) is 0 Å². The second kappa shape index (κ2) is 35.3. The van der Waals surface area contributed by atoms with Crippen LogP contribution < -0.4 is 0 Å². The molecule has 0 bridgehead atoms. The molecule has 0 radical (unpaired) electrons. The SMILES string of the molecule is CC(=O)C(C)SCCCC(CCCSC(C)C(C)=O)(CCCSC(C)C(C)=O)OCCCOC(CCCSC(C)C(C)=O)(CCCSC(C)C(C)=O)CCCSC(C)C(C)=O. The molecule has 356 valence electrons. The van der Waals surface area contributed by atoms with E-state index in [-0.39, 0.29) is 77.4 Å². The van der Waals surface area contributed by atoms with Crippen molar-refractivity contribution >= 4 is 105 Å². The molecule has 0 fully saturated rings. The lowest BCUT2D eigenvalue weighted by molar-refractivity contribution is -0.117. The number of ether oxygens (including phenoxy) is 2. The van der Waals surface area contributed by atoms with Crippen molar-refractivity contribution in [3.05, 3.63) is 0 Å². The quantitative estimate of drug-likeness (QED) is 0.0540. The molecule has 0 aromatic heterocycles. The van der Waals surface area contributed by atoms with Gasteiger partial charge >= 0.3 is 0 Å². The van der Waals surface area contributed by atoms with Crippen LogP contribution in [0.3, 0.4) is 0 Å². The molecule has 0 aromatic rings. The first-order chi connectivity index (χ1) is 28.7. The van der Waals surface area contributed by atoms with Gasteiger partial charge in [0.05, 0.1) is 42.7 Å². The number of hydrogen-bond acceptors (Lipinski definition) is 14. The minimum Gasteiger partial charge on any atom is -0.375 e. The zero-order valence-electron chi connectivity index (χ0n) is 40.0. The maximum Gasteiger partial charge on any atom is 0.142 e. The van der Waals surface area contributed by atoms with Crippen LogP contribution in [0, 0.1) is 0 Å². The predicted octanol–water partition coefficient (Wildman–Crippen LogP) is 11.8. The first-order valence-electron chi connectivity index (χ1n) is 22.7. The lowest BCUT2D eigenvalue weighted by atomic mass is 9.87. The number of rotatable bonds is 42. The molecule has 0 aliphatic rings. The number of thioether (sulfide) groups is 6. The smallest absolute Gasteiger partial charge is 0.142 e. The van der Waals surface area contributed by atoms with Gasteiger partial charge in [-0.25, -0.2) is 0 Å². The number of carbonyl (C=O) groups excluding carboxylic acids is 6. The normalized spacial score (nSPS) is 16.7. The van der Waals surface area contributed by atoms with Gasteiger partial charge in [-0.3, -0.25) is 28.8 Å². The van der Waals surface area contributed by atoms with Gasteiger partial charge in [-0.15, -0.1) is 0 Å². The summed E-state index contributed by atoms with van der Waals surface area (Å²) >= 11 is 10.2. The first kappa shape index (κ1) is 61.0. The Bertz CT molecular complexity index is 1050. The molecule has 0 aromatic carbocycles. The van der Waals surface area contributed by atoms with E-state index in [4.69, 9.17) is 9.47 Å². The number of Topliss-reactive ketones (excluding diaryl/α,β-unsaturated/α-hetero) is 6. The number of ketones is 6. The van der Waals surface area contributed by atoms with E-state index < -0.39 is 0 Å². The zero-order valence-corrected chi connectivity index (χ0v) is 44.9. The third kappa shape index (κ3) is 30.0. The van der Waals surface area contributed by atoms with Gasteiger partial charge in [0.25, 0.3) is 0 Å². The average Bonchev–Trinajstić information content (AvgIpc) is 3.20. The Labute approximate surface area is 397 Å². The van der Waals surface area contributed by atoms with Crippen LogP contribution in [0.5, 0.6) is 0 Å². The maximum absolute atomic E-state index is 12.0. The lowest BCUT2D eigenvalue weighted by Gasteiger charge is -2.37. The highest BCUT2D eigenvalue weighted by Gasteiger charge is 2.33. The molecule has 0 spiro atoms. The molecule has 0 aliphatic heterocycles. The molecule has 0 amide bonds. The zero-order chi connectivity index (χ0) is 46.4. The topological polar surface area (TPSA) is 121 Å². The van der Waals surface area contributed by atoms with Crippen molar-refractivity contribution in [2.75, 3.05) is 47.7 Å². The molecule has 14 heteroatoms. The summed E-state index contributed by atoms with van der Waals surface area (Å²) in [6, 6.07) is 0. The van der Waals surface area contributed by atoms with E-state index in [0.717, 1.165) is 118 Å². The first-order valence-corrected chi connectivity index (χ1v) is 29.0. The van der Waals surface area contributed by atoms with E-state index in [1.807, 2.05) is 41.5 Å². The highest BCUT2D eigenvalue weighted by Crippen LogP contribution is 2.36. The Hall–Kier alpha value is 0.0400. The van der Waals surface area contributed by atoms with Gasteiger partial charge in [0, 0.05) is 13.2 Å². The van der Waals surface area contributed by atoms with E-state index in [9.17, 15) is 28.8 Å². The number of hydrogen-bond donors (Lipinski definition) is 0. The average molecular weight is 970 g/mol. The minimum atomic E-state index is -0.364. The monoisotopic (exact) mass is 968 g/mol. The Kier molecular flexibility index (Phi) is 35.3. The third-order valence-electron chi connectivity index (χ3n) is 11.4. The summed E-state index contributed by atoms with van der Waals surface area (Å²) < 4.78 is 14.1. The summed E-state index contributed by atoms with van der Waals surface area (Å²) in [6.07, 6.45) is 11.5. The minimum absolute atomic E-state index is 0.0370. The molecule has 6 unspecified atom stereocenters. The molecular formula is C47H84O8S6. The lowest BCUT2D eigenvalue weighted by Crippen LogP contribution is -2.36. The van der Waals surface area contributed by atoms with Crippen molar-refractivity contribution < 1.29 is 38.2 Å². The van der Waals surface area contributed by atoms with Crippen LogP contribution in [-0.4, -0.2) is 125 Å². The van der Waals surface area contributed by atoms with Gasteiger partial charge in [-0.05, 0) is 201 Å². The summed E-state index contributed by atoms with van der Waals surface area (Å²) in [4.78, 5) is 71.9. The highest BCUT2D eigenvalue weighted by atomic mass is 32.2. The van der Waals surface area contributed by atoms with Crippen LogP contribution in [0.25, 0.3) is 0 Å². The summed E-state index contributed by atoms with van der Waals surface area (Å²) in [5.41, 5.74) is -0.728. The highest BCUT2D eigenvalue weighted by molar-refractivity contribution is 8.01. The fourth-order valence-corrected chi connectivity index (χ4v) is 11.8. The van der Waals surface area contributed by atoms with Crippen molar-refractivity contribution in [3.63, 3.8) is 0 Å². The van der Waals surface area contributed by atoms with Gasteiger partial charge < -0.3 is 9.47 Å². The molecule has 0 heterocycles. The largest absolute Gasteiger partial charge is 0.375 e. The van der Waals surface area contributed by atoms with Gasteiger partial charge in [0.1, 0.15) is 34.7 Å². The van der Waals surface area contributed by atoms with E-state index in [0.29, 0.717) is 13.2 Å². The Balaban J connectivity index is 6.27. The van der Waals surface area contributed by atoms with Crippen molar-refractivity contribution in [1.82, 2.24) is 0 Å². The van der Waals surface area contributed by atoms with Crippen molar-refractivity contribution in [3.8, 4) is 0 Å². The second-order valence-electron chi connectivity index (χ2n) is 16.8. The molecule has 61 heavy (non-hydrogen) atoms. The molecule has 0 rings (SSSR count). The Morgan fingerprint density at radius 3 is 0.639 bits per heavy atom. The molecule has 0 saturated carbocycles. The Morgan fingerprint density at radius 1 is 0.328 bits per heavy atom. The van der Waals surface area contributed by atoms with Crippen LogP contribution in [0.2, 0.25) is 0 Å². The van der Waals surface area contributed by atoms with E-state index in [2.05, 4.69) is 0 Å². The molecule has 0 saturated heterocycles. The molecule has 8 nitrogen and oxygen atoms in total. The van der Waals surface area contributed by atoms with Crippen LogP contribution in [0.1, 0.15) is 167 Å². The fraction of sp³-hybridized carbons (Fsp3) is 0.872. The number of carbonyl (C=O) groups is 6. The van der Waals surface area contributed by atoms with Crippen LogP contribution >= 0.6 is 70.6 Å². The predicted molar refractivity (Wildman–Crippen MR) is 273 cm³/mol. The van der Waals surface area contributed by atoms with Gasteiger partial charge in [0.2, 0.25) is 0 Å². The fourth-order valence-electron chi connectivity index (χ4n) is 6.45. The van der Waals surface area contributed by atoms with Crippen molar-refractivity contribution in [2.24, 2.45) is 0 Å². The second-order valence-corrected chi connectivity index (χ2v) is 25.5. The van der Waals surface area contributed by atoms with E-state index in [1.165, 1.54) is 0 Å². The molecular weight excluding hydrogens is 885 g/mol. The molecule has 0 N–H and O–H groups in total. The van der Waals surface area contributed by atoms with E-state index in [1.54, 1.807) is 112 Å². The Morgan fingerprint density at radius 2 is 0.492 bits per heavy atom. The van der Waals surface area contributed by atoms with Crippen molar-refractivity contribution in [2.45, 2.75) is 209 Å². The van der Waals surface area contributed by atoms with Crippen LogP contribution in [0.4, 0.5) is 0 Å². The maximum atomic E-state index is 12.0. The molecule has 0 aliphatic carbocycles. The van der Waals surface area contributed by atoms with E-state index >= 15 is 0 Å². The van der Waals surface area contributed by atoms with Gasteiger partial charge in [-0.2, -0.15) is 70.6 Å². The summed E-state index contributed by atoms with van der Waals surface area (Å²) in [7, 11) is 0. The van der Waals surface area contributed by atoms with Gasteiger partial charge in [0.15, 0.2) is 0 Å². The standard InChI is InChI=1S/C47H84O8S6/c1-34(48)40(7)56-28-13-20-46(21-14-29-57-41(8)35(2)49,22-15-30-58-42(9)36(3)50)54-26-19-27-55-47(23-16-31-59-43(10)37(4)51,24-17-32-60-44(11)38(5)52)25-18-33-61-45(12)39(6)53/h40-45H,13-33H2,1-12H3. The summed E-state index contributed by atoms with van der Waals surface area (Å²) in [5, 5.41) is -0.222. The van der Waals surface area contributed by atoms with Gasteiger partial charge in [-0.1, -0.05) is 0 Å². The van der Waals surface area contributed by atoms with Crippen LogP contribution in [-0.2, 0) is 38.2 Å². The molecule has 6 atom stereocenters.